The Kier molecular flexibility index (Phi) is 3.47. The van der Waals surface area contributed by atoms with Gasteiger partial charge < -0.3 is 10.4 Å². The van der Waals surface area contributed by atoms with Crippen LogP contribution in [0.4, 0.5) is 0 Å². The molecule has 0 aromatic rings. The van der Waals surface area contributed by atoms with Crippen molar-refractivity contribution in [1.29, 1.82) is 0 Å². The van der Waals surface area contributed by atoms with Gasteiger partial charge in [0.1, 0.15) is 0 Å². The molecule has 0 spiro atoms. The van der Waals surface area contributed by atoms with E-state index in [4.69, 9.17) is 5.11 Å². The van der Waals surface area contributed by atoms with E-state index in [2.05, 4.69) is 11.9 Å². The quantitative estimate of drug-likeness (QED) is 0.607. The maximum Gasteiger partial charge on any atom is 0.305 e. The fourth-order valence-corrected chi connectivity index (χ4v) is 0.807. The molecule has 0 fully saturated rings. The number of carboxylic acid groups (broad SMARTS) is 1. The molecule has 0 bridgehead atoms. The van der Waals surface area contributed by atoms with Crippen molar-refractivity contribution in [3.8, 4) is 0 Å². The summed E-state index contributed by atoms with van der Waals surface area (Å²) in [4.78, 5) is 21.1. The molecule has 0 radical (unpaired) electrons. The highest BCUT2D eigenvalue weighted by molar-refractivity contribution is 5.87. The Morgan fingerprint density at radius 1 is 1.58 bits per heavy atom. The fourth-order valence-electron chi connectivity index (χ4n) is 0.807. The van der Waals surface area contributed by atoms with E-state index in [1.165, 1.54) is 0 Å². The van der Waals surface area contributed by atoms with Crippen molar-refractivity contribution in [2.75, 3.05) is 0 Å². The zero-order valence-electron chi connectivity index (χ0n) is 7.26. The number of hydrogen-bond donors (Lipinski definition) is 2. The molecule has 0 unspecified atom stereocenters. The van der Waals surface area contributed by atoms with Crippen LogP contribution in [0.5, 0.6) is 0 Å². The molecule has 0 aromatic heterocycles. The standard InChI is InChI=1S/C8H13NO3/c1-4-6(10)9-8(2,3)5-7(11)12/h4H,1,5H2,2-3H3,(H,9,10)(H,11,12). The van der Waals surface area contributed by atoms with Crippen LogP contribution >= 0.6 is 0 Å². The minimum absolute atomic E-state index is 0.105. The summed E-state index contributed by atoms with van der Waals surface area (Å²) >= 11 is 0. The molecule has 0 saturated heterocycles. The lowest BCUT2D eigenvalue weighted by atomic mass is 10.0. The third kappa shape index (κ3) is 4.49. The topological polar surface area (TPSA) is 66.4 Å². The molecule has 0 aromatic carbocycles. The van der Waals surface area contributed by atoms with Crippen molar-refractivity contribution >= 4 is 11.9 Å². The summed E-state index contributed by atoms with van der Waals surface area (Å²) in [6.45, 7) is 6.55. The molecule has 2 N–H and O–H groups in total. The zero-order chi connectivity index (χ0) is 9.78. The molecule has 0 rings (SSSR count). The minimum atomic E-state index is -0.940. The molecular formula is C8H13NO3. The first kappa shape index (κ1) is 10.7. The summed E-state index contributed by atoms with van der Waals surface area (Å²) in [5.74, 6) is -1.30. The Balaban J connectivity index is 4.11. The monoisotopic (exact) mass is 171 g/mol. The number of hydrogen-bond acceptors (Lipinski definition) is 2. The molecule has 0 heterocycles. The summed E-state index contributed by atoms with van der Waals surface area (Å²) in [5.41, 5.74) is -0.725. The Bertz CT molecular complexity index is 208. The Morgan fingerprint density at radius 3 is 2.42 bits per heavy atom. The zero-order valence-corrected chi connectivity index (χ0v) is 7.26. The van der Waals surface area contributed by atoms with E-state index in [1.54, 1.807) is 13.8 Å². The lowest BCUT2D eigenvalue weighted by Gasteiger charge is -2.23. The molecule has 1 amide bonds. The lowest BCUT2D eigenvalue weighted by molar-refractivity contribution is -0.138. The molecular weight excluding hydrogens is 158 g/mol. The van der Waals surface area contributed by atoms with Gasteiger partial charge in [-0.15, -0.1) is 0 Å². The van der Waals surface area contributed by atoms with Crippen molar-refractivity contribution in [2.24, 2.45) is 0 Å². The summed E-state index contributed by atoms with van der Waals surface area (Å²) in [6.07, 6.45) is 1.01. The molecule has 0 aliphatic carbocycles. The second-order valence-electron chi connectivity index (χ2n) is 3.15. The van der Waals surface area contributed by atoms with Crippen LogP contribution in [0.15, 0.2) is 12.7 Å². The van der Waals surface area contributed by atoms with Crippen LogP contribution in [0.2, 0.25) is 0 Å². The van der Waals surface area contributed by atoms with Crippen LogP contribution < -0.4 is 5.32 Å². The highest BCUT2D eigenvalue weighted by Crippen LogP contribution is 2.07. The van der Waals surface area contributed by atoms with Crippen LogP contribution in [0, 0.1) is 0 Å². The molecule has 12 heavy (non-hydrogen) atoms. The maximum absolute atomic E-state index is 10.8. The normalized spacial score (nSPS) is 10.5. The van der Waals surface area contributed by atoms with Gasteiger partial charge in [0.05, 0.1) is 6.42 Å². The van der Waals surface area contributed by atoms with Gasteiger partial charge >= 0.3 is 5.97 Å². The Morgan fingerprint density at radius 2 is 2.08 bits per heavy atom. The van der Waals surface area contributed by atoms with E-state index < -0.39 is 11.5 Å². The SMILES string of the molecule is C=CC(=O)NC(C)(C)CC(=O)O. The highest BCUT2D eigenvalue weighted by atomic mass is 16.4. The van der Waals surface area contributed by atoms with Crippen molar-refractivity contribution in [2.45, 2.75) is 25.8 Å². The van der Waals surface area contributed by atoms with E-state index in [-0.39, 0.29) is 12.3 Å². The van der Waals surface area contributed by atoms with Crippen molar-refractivity contribution in [3.63, 3.8) is 0 Å². The number of nitrogens with one attached hydrogen (secondary N) is 1. The van der Waals surface area contributed by atoms with Gasteiger partial charge in [-0.05, 0) is 19.9 Å². The molecule has 4 heteroatoms. The van der Waals surface area contributed by atoms with E-state index >= 15 is 0 Å². The van der Waals surface area contributed by atoms with Gasteiger partial charge in [0.2, 0.25) is 5.91 Å². The molecule has 4 nitrogen and oxygen atoms in total. The molecule has 0 saturated carbocycles. The second kappa shape index (κ2) is 3.90. The van der Waals surface area contributed by atoms with Crippen LogP contribution in [0.3, 0.4) is 0 Å². The van der Waals surface area contributed by atoms with Crippen molar-refractivity contribution < 1.29 is 14.7 Å². The van der Waals surface area contributed by atoms with E-state index in [1.807, 2.05) is 0 Å². The molecule has 0 aliphatic heterocycles. The summed E-state index contributed by atoms with van der Waals surface area (Å²) in [5, 5.41) is 11.0. The van der Waals surface area contributed by atoms with E-state index in [9.17, 15) is 9.59 Å². The van der Waals surface area contributed by atoms with Gasteiger partial charge in [-0.3, -0.25) is 9.59 Å². The third-order valence-electron chi connectivity index (χ3n) is 1.24. The Hall–Kier alpha value is -1.32. The van der Waals surface area contributed by atoms with Gasteiger partial charge in [-0.25, -0.2) is 0 Å². The number of carbonyl (C=O) groups is 2. The van der Waals surface area contributed by atoms with Gasteiger partial charge in [0, 0.05) is 5.54 Å². The summed E-state index contributed by atoms with van der Waals surface area (Å²) < 4.78 is 0. The number of carbonyl (C=O) groups excluding carboxylic acids is 1. The predicted molar refractivity (Wildman–Crippen MR) is 44.7 cm³/mol. The number of rotatable bonds is 4. The molecule has 0 atom stereocenters. The minimum Gasteiger partial charge on any atom is -0.481 e. The number of carboxylic acids is 1. The Labute approximate surface area is 71.3 Å². The van der Waals surface area contributed by atoms with Crippen LogP contribution in [0.25, 0.3) is 0 Å². The van der Waals surface area contributed by atoms with Gasteiger partial charge in [-0.1, -0.05) is 6.58 Å². The predicted octanol–water partition coefficient (Wildman–Crippen LogP) is 0.542. The maximum atomic E-state index is 10.8. The number of aliphatic carboxylic acids is 1. The van der Waals surface area contributed by atoms with E-state index in [0.29, 0.717) is 0 Å². The molecule has 0 aliphatic rings. The molecule has 68 valence electrons. The fraction of sp³-hybridized carbons (Fsp3) is 0.500. The highest BCUT2D eigenvalue weighted by Gasteiger charge is 2.22. The smallest absolute Gasteiger partial charge is 0.305 e. The van der Waals surface area contributed by atoms with Crippen LogP contribution in [-0.4, -0.2) is 22.5 Å². The second-order valence-corrected chi connectivity index (χ2v) is 3.15. The third-order valence-corrected chi connectivity index (χ3v) is 1.24. The number of amides is 1. The van der Waals surface area contributed by atoms with Gasteiger partial charge in [0.25, 0.3) is 0 Å². The lowest BCUT2D eigenvalue weighted by Crippen LogP contribution is -2.44. The van der Waals surface area contributed by atoms with Crippen molar-refractivity contribution in [3.05, 3.63) is 12.7 Å². The average Bonchev–Trinajstić information content (AvgIpc) is 1.83. The van der Waals surface area contributed by atoms with E-state index in [0.717, 1.165) is 6.08 Å². The summed E-state index contributed by atoms with van der Waals surface area (Å²) in [7, 11) is 0. The first-order valence-electron chi connectivity index (χ1n) is 3.54. The first-order chi connectivity index (χ1) is 5.37. The summed E-state index contributed by atoms with van der Waals surface area (Å²) in [6, 6.07) is 0. The average molecular weight is 171 g/mol. The van der Waals surface area contributed by atoms with Gasteiger partial charge in [0.15, 0.2) is 0 Å². The van der Waals surface area contributed by atoms with Crippen molar-refractivity contribution in [1.82, 2.24) is 5.32 Å². The first-order valence-corrected chi connectivity index (χ1v) is 3.54. The largest absolute Gasteiger partial charge is 0.481 e. The van der Waals surface area contributed by atoms with Gasteiger partial charge in [-0.2, -0.15) is 0 Å². The van der Waals surface area contributed by atoms with Crippen LogP contribution in [-0.2, 0) is 9.59 Å². The van der Waals surface area contributed by atoms with Crippen LogP contribution in [0.1, 0.15) is 20.3 Å².